The van der Waals surface area contributed by atoms with Crippen LogP contribution in [0.4, 0.5) is 5.69 Å². The summed E-state index contributed by atoms with van der Waals surface area (Å²) in [4.78, 5) is 13.0. The predicted octanol–water partition coefficient (Wildman–Crippen LogP) is 2.63. The Bertz CT molecular complexity index is 275. The average molecular weight is 190 g/mol. The highest BCUT2D eigenvalue weighted by molar-refractivity contribution is 6.68. The Morgan fingerprint density at radius 2 is 2.00 bits per heavy atom. The van der Waals surface area contributed by atoms with Crippen LogP contribution in [0.2, 0.25) is 0 Å². The van der Waals surface area contributed by atoms with Gasteiger partial charge >= 0.3 is 0 Å². The summed E-state index contributed by atoms with van der Waals surface area (Å²) in [6.45, 7) is 0. The van der Waals surface area contributed by atoms with Crippen LogP contribution in [0.15, 0.2) is 24.3 Å². The first-order chi connectivity index (χ1) is 5.25. The Hall–Kier alpha value is -0.730. The van der Waals surface area contributed by atoms with Crippen LogP contribution in [0, 0.1) is 0 Å². The molecule has 0 fully saturated rings. The summed E-state index contributed by atoms with van der Waals surface area (Å²) < 4.78 is 0. The normalized spacial score (nSPS) is 9.27. The van der Waals surface area contributed by atoms with E-state index >= 15 is 0 Å². The Morgan fingerprint density at radius 3 is 2.45 bits per heavy atom. The fraction of sp³-hybridized carbons (Fsp3) is 0. The summed E-state index contributed by atoms with van der Waals surface area (Å²) in [5.74, 6) is 0. The van der Waals surface area contributed by atoms with Crippen LogP contribution in [-0.2, 0) is 0 Å². The maximum atomic E-state index is 10.7. The van der Waals surface area contributed by atoms with Crippen LogP contribution in [0.3, 0.4) is 0 Å². The van der Waals surface area contributed by atoms with Gasteiger partial charge in [0.05, 0.1) is 11.3 Å². The second kappa shape index (κ2) is 3.60. The first-order valence-electron chi connectivity index (χ1n) is 2.91. The van der Waals surface area contributed by atoms with Gasteiger partial charge in [0.15, 0.2) is 0 Å². The minimum Gasteiger partial charge on any atom is -0.298 e. The molecule has 0 radical (unpaired) electrons. The van der Waals surface area contributed by atoms with Gasteiger partial charge in [-0.15, -0.1) is 0 Å². The van der Waals surface area contributed by atoms with Gasteiger partial charge in [0.1, 0.15) is 0 Å². The first-order valence-corrected chi connectivity index (χ1v) is 3.67. The lowest BCUT2D eigenvalue weighted by Crippen LogP contribution is -1.93. The molecule has 0 spiro atoms. The molecule has 1 N–H and O–H groups in total. The van der Waals surface area contributed by atoms with E-state index in [0.717, 1.165) is 0 Å². The van der Waals surface area contributed by atoms with Crippen LogP contribution in [0.1, 0.15) is 10.4 Å². The highest BCUT2D eigenvalue weighted by Crippen LogP contribution is 2.17. The van der Waals surface area contributed by atoms with E-state index in [4.69, 9.17) is 23.4 Å². The average Bonchev–Trinajstić information content (AvgIpc) is 2.04. The molecule has 0 atom stereocenters. The molecule has 0 unspecified atom stereocenters. The fourth-order valence-corrected chi connectivity index (χ4v) is 1.07. The number of carbonyl (C=O) groups excluding carboxylic acids is 1. The van der Waals surface area contributed by atoms with Crippen molar-refractivity contribution >= 4 is 34.3 Å². The molecule has 0 bridgehead atoms. The minimum absolute atomic E-state index is 0.379. The number of benzene rings is 1. The molecule has 0 saturated carbocycles. The van der Waals surface area contributed by atoms with Gasteiger partial charge in [-0.05, 0) is 23.7 Å². The largest absolute Gasteiger partial charge is 0.298 e. The van der Waals surface area contributed by atoms with Crippen LogP contribution in [-0.4, -0.2) is 5.24 Å². The number of halogens is 2. The van der Waals surface area contributed by atoms with Crippen molar-refractivity contribution in [3.05, 3.63) is 29.8 Å². The number of hydrogen-bond acceptors (Lipinski definition) is 2. The van der Waals surface area contributed by atoms with Gasteiger partial charge in [-0.2, -0.15) is 0 Å². The van der Waals surface area contributed by atoms with E-state index < -0.39 is 5.24 Å². The highest BCUT2D eigenvalue weighted by atomic mass is 35.5. The van der Waals surface area contributed by atoms with Gasteiger partial charge in [0.25, 0.3) is 5.24 Å². The van der Waals surface area contributed by atoms with E-state index in [1.54, 1.807) is 24.3 Å². The van der Waals surface area contributed by atoms with E-state index in [0.29, 0.717) is 11.3 Å². The Labute approximate surface area is 74.2 Å². The molecule has 0 aromatic heterocycles. The monoisotopic (exact) mass is 189 g/mol. The van der Waals surface area contributed by atoms with Crippen LogP contribution >= 0.6 is 23.4 Å². The molecule has 11 heavy (non-hydrogen) atoms. The predicted molar refractivity (Wildman–Crippen MR) is 46.1 cm³/mol. The van der Waals surface area contributed by atoms with E-state index in [1.807, 2.05) is 0 Å². The quantitative estimate of drug-likeness (QED) is 0.573. The third-order valence-corrected chi connectivity index (χ3v) is 1.65. The third-order valence-electron chi connectivity index (χ3n) is 1.24. The molecule has 58 valence electrons. The zero-order chi connectivity index (χ0) is 8.27. The molecule has 1 rings (SSSR count). The Morgan fingerprint density at radius 1 is 1.36 bits per heavy atom. The summed E-state index contributed by atoms with van der Waals surface area (Å²) in [7, 11) is 0. The fourth-order valence-electron chi connectivity index (χ4n) is 0.737. The zero-order valence-corrected chi connectivity index (χ0v) is 6.99. The summed E-state index contributed by atoms with van der Waals surface area (Å²) in [6.07, 6.45) is 0. The van der Waals surface area contributed by atoms with E-state index in [1.165, 1.54) is 0 Å². The van der Waals surface area contributed by atoms with Gasteiger partial charge in [0.2, 0.25) is 0 Å². The number of nitrogens with one attached hydrogen (secondary N) is 1. The zero-order valence-electron chi connectivity index (χ0n) is 5.47. The smallest absolute Gasteiger partial charge is 0.254 e. The van der Waals surface area contributed by atoms with Crippen molar-refractivity contribution in [2.45, 2.75) is 0 Å². The van der Waals surface area contributed by atoms with E-state index in [2.05, 4.69) is 4.84 Å². The lowest BCUT2D eigenvalue weighted by atomic mass is 10.2. The maximum Gasteiger partial charge on any atom is 0.254 e. The van der Waals surface area contributed by atoms with Crippen molar-refractivity contribution in [1.29, 1.82) is 0 Å². The van der Waals surface area contributed by atoms with Gasteiger partial charge in [-0.3, -0.25) is 9.63 Å². The number of carbonyl (C=O) groups is 1. The molecule has 0 amide bonds. The topological polar surface area (TPSA) is 29.1 Å². The van der Waals surface area contributed by atoms with Gasteiger partial charge < -0.3 is 0 Å². The van der Waals surface area contributed by atoms with Gasteiger partial charge in [-0.25, -0.2) is 0 Å². The van der Waals surface area contributed by atoms with Crippen molar-refractivity contribution in [1.82, 2.24) is 0 Å². The first kappa shape index (κ1) is 8.37. The van der Waals surface area contributed by atoms with Crippen molar-refractivity contribution < 1.29 is 4.79 Å². The lowest BCUT2D eigenvalue weighted by molar-refractivity contribution is 0.108. The Balaban J connectivity index is 3.12. The number of hydrogen-bond donors (Lipinski definition) is 1. The summed E-state index contributed by atoms with van der Waals surface area (Å²) in [6, 6.07) is 6.74. The van der Waals surface area contributed by atoms with Crippen LogP contribution in [0.5, 0.6) is 0 Å². The summed E-state index contributed by atoms with van der Waals surface area (Å²) >= 11 is 10.6. The number of rotatable bonds is 2. The second-order valence-corrected chi connectivity index (χ2v) is 2.45. The SMILES string of the molecule is O=C(Cl)c1ccccc1NCl. The number of para-hydroxylation sites is 1. The molecule has 0 aliphatic rings. The standard InChI is InChI=1S/C7H5Cl2NO/c8-7(11)5-3-1-2-4-6(5)10-9/h1-4,10H. The van der Waals surface area contributed by atoms with Crippen LogP contribution in [0.25, 0.3) is 0 Å². The van der Waals surface area contributed by atoms with Crippen molar-refractivity contribution in [2.24, 2.45) is 0 Å². The number of anilines is 1. The van der Waals surface area contributed by atoms with Crippen LogP contribution < -0.4 is 4.84 Å². The molecular formula is C7H5Cl2NO. The van der Waals surface area contributed by atoms with Crippen molar-refractivity contribution in [3.63, 3.8) is 0 Å². The molecule has 1 aromatic carbocycles. The molecular weight excluding hydrogens is 185 g/mol. The van der Waals surface area contributed by atoms with E-state index in [-0.39, 0.29) is 0 Å². The molecule has 1 aromatic rings. The molecule has 0 heterocycles. The molecule has 0 saturated heterocycles. The van der Waals surface area contributed by atoms with Gasteiger partial charge in [0, 0.05) is 11.8 Å². The molecule has 0 aliphatic heterocycles. The maximum absolute atomic E-state index is 10.7. The molecule has 2 nitrogen and oxygen atoms in total. The summed E-state index contributed by atoms with van der Waals surface area (Å²) in [5, 5.41) is -0.520. The highest BCUT2D eigenvalue weighted by Gasteiger charge is 2.05. The summed E-state index contributed by atoms with van der Waals surface area (Å²) in [5.41, 5.74) is 0.901. The lowest BCUT2D eigenvalue weighted by Gasteiger charge is -2.00. The molecule has 0 aliphatic carbocycles. The van der Waals surface area contributed by atoms with Crippen molar-refractivity contribution in [2.75, 3.05) is 4.84 Å². The molecule has 4 heteroatoms. The van der Waals surface area contributed by atoms with Crippen molar-refractivity contribution in [3.8, 4) is 0 Å². The Kier molecular flexibility index (Phi) is 2.74. The third kappa shape index (κ3) is 1.85. The van der Waals surface area contributed by atoms with E-state index in [9.17, 15) is 4.79 Å². The second-order valence-electron chi connectivity index (χ2n) is 1.91. The van der Waals surface area contributed by atoms with Gasteiger partial charge in [-0.1, -0.05) is 12.1 Å². The minimum atomic E-state index is -0.520.